The summed E-state index contributed by atoms with van der Waals surface area (Å²) in [6.07, 6.45) is 0.911. The van der Waals surface area contributed by atoms with Crippen LogP contribution in [0, 0.1) is 23.7 Å². The van der Waals surface area contributed by atoms with Crippen LogP contribution in [-0.4, -0.2) is 34.0 Å². The smallest absolute Gasteiger partial charge is 0.338 e. The van der Waals surface area contributed by atoms with Crippen LogP contribution in [0.5, 0.6) is 0 Å². The number of carbonyl (C=O) groups is 3. The van der Waals surface area contributed by atoms with E-state index in [1.165, 1.54) is 4.90 Å². The fourth-order valence-corrected chi connectivity index (χ4v) is 6.44. The average molecular weight is 471 g/mol. The summed E-state index contributed by atoms with van der Waals surface area (Å²) >= 11 is 7.36. The number of fused-ring (bicyclic) bond motifs is 5. The fraction of sp³-hybridized carbons (Fsp3) is 0.500. The largest absolute Gasteiger partial charge is 0.462 e. The van der Waals surface area contributed by atoms with Gasteiger partial charge in [0.1, 0.15) is 0 Å². The molecule has 1 aromatic rings. The summed E-state index contributed by atoms with van der Waals surface area (Å²) < 4.78 is 4.96. The molecule has 0 spiro atoms. The molecule has 1 aliphatic heterocycles. The first-order valence-electron chi connectivity index (χ1n) is 8.38. The van der Waals surface area contributed by atoms with Crippen LogP contribution in [0.2, 0.25) is 0 Å². The molecule has 1 aromatic carbocycles. The highest BCUT2D eigenvalue weighted by molar-refractivity contribution is 9.12. The maximum absolute atomic E-state index is 12.9. The number of ether oxygens (including phenoxy) is 1. The number of amides is 2. The second-order valence-electron chi connectivity index (χ2n) is 6.78. The summed E-state index contributed by atoms with van der Waals surface area (Å²) in [4.78, 5) is 39.4. The molecule has 1 heterocycles. The van der Waals surface area contributed by atoms with Gasteiger partial charge in [0.15, 0.2) is 0 Å². The number of imide groups is 1. The Morgan fingerprint density at radius 2 is 1.60 bits per heavy atom. The molecule has 0 N–H and O–H groups in total. The first kappa shape index (κ1) is 17.2. The van der Waals surface area contributed by atoms with Gasteiger partial charge in [-0.15, -0.1) is 0 Å². The van der Waals surface area contributed by atoms with Gasteiger partial charge in [0.2, 0.25) is 11.8 Å². The molecule has 3 fully saturated rings. The van der Waals surface area contributed by atoms with Crippen LogP contribution in [0.25, 0.3) is 0 Å². The lowest BCUT2D eigenvalue weighted by Crippen LogP contribution is -2.37. The monoisotopic (exact) mass is 469 g/mol. The van der Waals surface area contributed by atoms with Crippen LogP contribution in [0.15, 0.2) is 24.3 Å². The number of hydrogen-bond donors (Lipinski definition) is 0. The zero-order chi connectivity index (χ0) is 17.9. The lowest BCUT2D eigenvalue weighted by Gasteiger charge is -2.28. The predicted octanol–water partition coefficient (Wildman–Crippen LogP) is 3.15. The normalized spacial score (nSPS) is 36.0. The van der Waals surface area contributed by atoms with Crippen molar-refractivity contribution in [3.63, 3.8) is 0 Å². The van der Waals surface area contributed by atoms with Crippen molar-refractivity contribution in [3.8, 4) is 0 Å². The van der Waals surface area contributed by atoms with Gasteiger partial charge in [0.25, 0.3) is 0 Å². The number of nitrogens with zero attached hydrogens (tertiary/aromatic N) is 1. The molecule has 0 aromatic heterocycles. The minimum absolute atomic E-state index is 0.116. The molecular formula is C18H17Br2NO4. The van der Waals surface area contributed by atoms with Crippen molar-refractivity contribution in [1.82, 2.24) is 0 Å². The van der Waals surface area contributed by atoms with E-state index in [4.69, 9.17) is 4.74 Å². The summed E-state index contributed by atoms with van der Waals surface area (Å²) in [6, 6.07) is 6.47. The molecule has 2 amide bonds. The molecule has 5 nitrogen and oxygen atoms in total. The van der Waals surface area contributed by atoms with Gasteiger partial charge in [-0.3, -0.25) is 14.5 Å². The van der Waals surface area contributed by atoms with Gasteiger partial charge in [-0.1, -0.05) is 31.9 Å². The fourth-order valence-electron chi connectivity index (χ4n) is 4.56. The molecule has 0 radical (unpaired) electrons. The lowest BCUT2D eigenvalue weighted by molar-refractivity contribution is -0.123. The first-order chi connectivity index (χ1) is 12.0. The molecule has 7 heteroatoms. The quantitative estimate of drug-likeness (QED) is 0.386. The molecule has 0 unspecified atom stereocenters. The number of alkyl halides is 2. The Morgan fingerprint density at radius 3 is 2.08 bits per heavy atom. The van der Waals surface area contributed by atoms with Gasteiger partial charge in [-0.05, 0) is 49.4 Å². The van der Waals surface area contributed by atoms with Gasteiger partial charge in [0, 0.05) is 9.65 Å². The van der Waals surface area contributed by atoms with Gasteiger partial charge in [-0.2, -0.15) is 0 Å². The Bertz CT molecular complexity index is 718. The minimum atomic E-state index is -0.410. The molecule has 1 saturated heterocycles. The minimum Gasteiger partial charge on any atom is -0.462 e. The Kier molecular flexibility index (Phi) is 4.27. The Labute approximate surface area is 162 Å². The molecule has 4 rings (SSSR count). The third-order valence-electron chi connectivity index (χ3n) is 5.62. The molecule has 25 heavy (non-hydrogen) atoms. The van der Waals surface area contributed by atoms with E-state index in [0.717, 1.165) is 6.42 Å². The van der Waals surface area contributed by atoms with E-state index in [0.29, 0.717) is 17.9 Å². The van der Waals surface area contributed by atoms with Crippen molar-refractivity contribution in [2.24, 2.45) is 23.7 Å². The zero-order valence-electron chi connectivity index (χ0n) is 13.5. The van der Waals surface area contributed by atoms with E-state index in [1.807, 2.05) is 0 Å². The maximum Gasteiger partial charge on any atom is 0.338 e. The van der Waals surface area contributed by atoms with Crippen molar-refractivity contribution in [2.45, 2.75) is 23.0 Å². The van der Waals surface area contributed by atoms with Gasteiger partial charge in [-0.25, -0.2) is 4.79 Å². The highest BCUT2D eigenvalue weighted by Crippen LogP contribution is 2.60. The SMILES string of the molecule is CCOC(=O)c1ccc(N2C(=O)[C@H]3[C@@H]4C[C@@H]([C@H](Br)[C@@H]4Br)[C@@H]3C2=O)cc1. The van der Waals surface area contributed by atoms with Gasteiger partial charge < -0.3 is 4.74 Å². The van der Waals surface area contributed by atoms with E-state index >= 15 is 0 Å². The third-order valence-corrected chi connectivity index (χ3v) is 8.83. The maximum atomic E-state index is 12.9. The van der Waals surface area contributed by atoms with E-state index in [2.05, 4.69) is 31.9 Å². The van der Waals surface area contributed by atoms with Gasteiger partial charge in [0.05, 0.1) is 29.7 Å². The molecule has 6 atom stereocenters. The van der Waals surface area contributed by atoms with E-state index in [9.17, 15) is 14.4 Å². The van der Waals surface area contributed by atoms with Crippen LogP contribution >= 0.6 is 31.9 Å². The van der Waals surface area contributed by atoms with Gasteiger partial charge >= 0.3 is 5.97 Å². The number of rotatable bonds is 3. The van der Waals surface area contributed by atoms with E-state index in [-0.39, 0.29) is 45.1 Å². The average Bonchev–Trinajstić information content (AvgIpc) is 3.20. The van der Waals surface area contributed by atoms with Crippen LogP contribution < -0.4 is 4.90 Å². The van der Waals surface area contributed by atoms with Crippen molar-refractivity contribution in [3.05, 3.63) is 29.8 Å². The number of halogens is 2. The number of benzene rings is 1. The van der Waals surface area contributed by atoms with Crippen LogP contribution in [0.1, 0.15) is 23.7 Å². The standard InChI is InChI=1S/C18H17Br2NO4/c1-2-25-18(24)8-3-5-9(6-4-8)21-16(22)12-10-7-11(13(12)17(21)23)15(20)14(10)19/h3-6,10-15H,2,7H2,1H3/t10-,11+,12-,13-,14+,15-/m0/s1. The summed E-state index contributed by atoms with van der Waals surface area (Å²) in [5, 5.41) is 0. The first-order valence-corrected chi connectivity index (χ1v) is 10.2. The summed E-state index contributed by atoms with van der Waals surface area (Å²) in [5.74, 6) is -0.724. The van der Waals surface area contributed by atoms with Crippen molar-refractivity contribution in [2.75, 3.05) is 11.5 Å². The predicted molar refractivity (Wildman–Crippen MR) is 98.9 cm³/mol. The van der Waals surface area contributed by atoms with Crippen LogP contribution in [-0.2, 0) is 14.3 Å². The van der Waals surface area contributed by atoms with E-state index in [1.54, 1.807) is 31.2 Å². The van der Waals surface area contributed by atoms with Crippen molar-refractivity contribution >= 4 is 55.3 Å². The Balaban J connectivity index is 1.61. The highest BCUT2D eigenvalue weighted by Gasteiger charge is 2.66. The summed E-state index contributed by atoms with van der Waals surface area (Å²) in [6.45, 7) is 2.05. The molecule has 2 bridgehead atoms. The van der Waals surface area contributed by atoms with Crippen LogP contribution in [0.3, 0.4) is 0 Å². The summed E-state index contributed by atoms with van der Waals surface area (Å²) in [5.41, 5.74) is 0.931. The Hall–Kier alpha value is -1.21. The Morgan fingerprint density at radius 1 is 1.08 bits per heavy atom. The number of hydrogen-bond acceptors (Lipinski definition) is 4. The second-order valence-corrected chi connectivity index (χ2v) is 8.90. The zero-order valence-corrected chi connectivity index (χ0v) is 16.7. The van der Waals surface area contributed by atoms with Crippen LogP contribution in [0.4, 0.5) is 5.69 Å². The third kappa shape index (κ3) is 2.42. The lowest BCUT2D eigenvalue weighted by atomic mass is 9.81. The summed E-state index contributed by atoms with van der Waals surface area (Å²) in [7, 11) is 0. The second kappa shape index (κ2) is 6.20. The topological polar surface area (TPSA) is 63.7 Å². The van der Waals surface area contributed by atoms with Crippen molar-refractivity contribution in [1.29, 1.82) is 0 Å². The number of anilines is 1. The molecule has 132 valence electrons. The van der Waals surface area contributed by atoms with E-state index < -0.39 is 5.97 Å². The molecular weight excluding hydrogens is 454 g/mol. The molecule has 2 aliphatic carbocycles. The molecule has 3 aliphatic rings. The highest BCUT2D eigenvalue weighted by atomic mass is 79.9. The van der Waals surface area contributed by atoms with Crippen molar-refractivity contribution < 1.29 is 19.1 Å². The number of carbonyl (C=O) groups excluding carboxylic acids is 3. The number of esters is 1. The molecule has 2 saturated carbocycles.